The maximum atomic E-state index is 13.2. The van der Waals surface area contributed by atoms with Crippen LogP contribution in [-0.2, 0) is 9.47 Å². The fourth-order valence-corrected chi connectivity index (χ4v) is 2.01. The number of hydrogen-bond acceptors (Lipinski definition) is 4. The Labute approximate surface area is 138 Å². The third kappa shape index (κ3) is 4.66. The third-order valence-electron chi connectivity index (χ3n) is 3.21. The van der Waals surface area contributed by atoms with E-state index in [0.29, 0.717) is 0 Å². The number of halogens is 3. The van der Waals surface area contributed by atoms with Gasteiger partial charge < -0.3 is 22.4 Å². The second-order valence-corrected chi connectivity index (χ2v) is 6.32. The molecule has 5 nitrogen and oxygen atoms in total. The van der Waals surface area contributed by atoms with Gasteiger partial charge in [-0.05, 0) is 33.3 Å². The molecule has 1 rings (SSSR count). The van der Waals surface area contributed by atoms with Crippen molar-refractivity contribution in [3.8, 4) is 0 Å². The molecule has 134 valence electrons. The number of amides is 1. The van der Waals surface area contributed by atoms with Crippen LogP contribution in [0.1, 0.15) is 36.7 Å². The van der Waals surface area contributed by atoms with E-state index in [0.717, 1.165) is 24.1 Å². The van der Waals surface area contributed by atoms with E-state index in [-0.39, 0.29) is 16.8 Å². The number of hydrogen-bond donors (Lipinski definition) is 0. The number of esters is 1. The zero-order valence-corrected chi connectivity index (χ0v) is 14.4. The van der Waals surface area contributed by atoms with Crippen LogP contribution in [-0.4, -0.2) is 38.8 Å². The third-order valence-corrected chi connectivity index (χ3v) is 3.21. The highest BCUT2D eigenvalue weighted by molar-refractivity contribution is 6.73. The molecule has 0 spiro atoms. The van der Waals surface area contributed by atoms with Gasteiger partial charge in [-0.25, -0.2) is 9.59 Å². The van der Waals surface area contributed by atoms with Crippen molar-refractivity contribution in [1.29, 1.82) is 0 Å². The Bertz CT molecular complexity index is 653. The summed E-state index contributed by atoms with van der Waals surface area (Å²) >= 11 is 0. The highest BCUT2D eigenvalue weighted by Gasteiger charge is 2.30. The smallest absolute Gasteiger partial charge is 0.465 e. The van der Waals surface area contributed by atoms with Crippen molar-refractivity contribution in [2.45, 2.75) is 33.3 Å². The van der Waals surface area contributed by atoms with Crippen LogP contribution in [0.25, 0.3) is 0 Å². The first kappa shape index (κ1) is 19.9. The molecule has 0 heterocycles. The van der Waals surface area contributed by atoms with E-state index in [4.69, 9.17) is 4.74 Å². The summed E-state index contributed by atoms with van der Waals surface area (Å²) in [5.74, 6) is -0.909. The van der Waals surface area contributed by atoms with Crippen LogP contribution < -0.4 is 10.4 Å². The second-order valence-electron chi connectivity index (χ2n) is 6.32. The van der Waals surface area contributed by atoms with Crippen LogP contribution in [0.5, 0.6) is 0 Å². The highest BCUT2D eigenvalue weighted by atomic mass is 19.4. The summed E-state index contributed by atoms with van der Waals surface area (Å²) < 4.78 is 49.2. The van der Waals surface area contributed by atoms with E-state index in [1.165, 1.54) is 14.0 Å². The molecule has 1 aromatic carbocycles. The van der Waals surface area contributed by atoms with Crippen molar-refractivity contribution in [3.05, 3.63) is 23.3 Å². The lowest BCUT2D eigenvalue weighted by Gasteiger charge is -2.27. The number of carbonyl (C=O) groups is 2. The largest absolute Gasteiger partial charge is 0.509 e. The molecule has 0 aliphatic carbocycles. The van der Waals surface area contributed by atoms with Gasteiger partial charge in [-0.15, -0.1) is 5.46 Å². The number of methoxy groups -OCH3 is 1. The van der Waals surface area contributed by atoms with Gasteiger partial charge in [0.15, 0.2) is 0 Å². The number of nitrogens with zero attached hydrogens (tertiary/aromatic N) is 1. The monoisotopic (exact) mass is 346 g/mol. The molecule has 0 aliphatic heterocycles. The van der Waals surface area contributed by atoms with E-state index >= 15 is 0 Å². The number of ether oxygens (including phenoxy) is 2. The molecular weight excluding hydrogens is 326 g/mol. The Kier molecular flexibility index (Phi) is 5.58. The summed E-state index contributed by atoms with van der Waals surface area (Å²) in [6, 6.07) is 1.55. The molecule has 0 aromatic heterocycles. The second kappa shape index (κ2) is 6.74. The van der Waals surface area contributed by atoms with Gasteiger partial charge in [0.05, 0.1) is 12.7 Å². The average Bonchev–Trinajstić information content (AvgIpc) is 2.42. The lowest BCUT2D eigenvalue weighted by molar-refractivity contribution is 0.0579. The van der Waals surface area contributed by atoms with Crippen molar-refractivity contribution in [2.24, 2.45) is 0 Å². The van der Waals surface area contributed by atoms with Crippen LogP contribution in [0.15, 0.2) is 12.1 Å². The predicted octanol–water partition coefficient (Wildman–Crippen LogP) is 3.21. The number of carbonyl (C=O) groups excluding carboxylic acids is 2. The zero-order valence-electron chi connectivity index (χ0n) is 14.4. The van der Waals surface area contributed by atoms with Gasteiger partial charge in [-0.1, -0.05) is 12.1 Å². The number of anilines is 1. The minimum Gasteiger partial charge on any atom is -0.465 e. The fourth-order valence-electron chi connectivity index (χ4n) is 2.01. The molecule has 0 fully saturated rings. The van der Waals surface area contributed by atoms with E-state index < -0.39 is 30.1 Å². The van der Waals surface area contributed by atoms with Crippen molar-refractivity contribution in [1.82, 2.24) is 0 Å². The van der Waals surface area contributed by atoms with E-state index in [1.54, 1.807) is 20.8 Å². The van der Waals surface area contributed by atoms with Gasteiger partial charge in [0.25, 0.3) is 0 Å². The maximum Gasteiger partial charge on any atom is 0.509 e. The van der Waals surface area contributed by atoms with Crippen LogP contribution in [0.4, 0.5) is 23.4 Å². The molecule has 1 aromatic rings. The van der Waals surface area contributed by atoms with Crippen molar-refractivity contribution < 1.29 is 32.0 Å². The molecule has 0 N–H and O–H groups in total. The Morgan fingerprint density at radius 3 is 2.12 bits per heavy atom. The lowest BCUT2D eigenvalue weighted by atomic mass is 9.78. The number of benzene rings is 1. The molecule has 0 saturated carbocycles. The molecule has 0 aliphatic rings. The topological polar surface area (TPSA) is 55.8 Å². The maximum absolute atomic E-state index is 13.2. The van der Waals surface area contributed by atoms with Gasteiger partial charge in [-0.2, -0.15) is 0 Å². The normalized spacial score (nSPS) is 11.9. The summed E-state index contributed by atoms with van der Waals surface area (Å²) in [4.78, 5) is 24.8. The van der Waals surface area contributed by atoms with Gasteiger partial charge in [0.1, 0.15) is 5.60 Å². The standard InChI is InChI=1S/C15H20BF3NO4/c1-9-11(13(21)23-6)7-10(16(17,18)19)8-12(9)20(5)14(22)24-15(2,3)4/h7-8H,1-6H3/q-1. The molecule has 0 bridgehead atoms. The molecular formula is C15H20BF3NO4-. The minimum atomic E-state index is -5.36. The van der Waals surface area contributed by atoms with Gasteiger partial charge >= 0.3 is 19.0 Å². The SMILES string of the molecule is COC(=O)c1cc([B-](F)(F)F)cc(N(C)C(=O)OC(C)(C)C)c1C. The predicted molar refractivity (Wildman–Crippen MR) is 85.9 cm³/mol. The van der Waals surface area contributed by atoms with Crippen molar-refractivity contribution >= 4 is 30.2 Å². The Balaban J connectivity index is 3.46. The highest BCUT2D eigenvalue weighted by Crippen LogP contribution is 2.26. The van der Waals surface area contributed by atoms with Crippen molar-refractivity contribution in [3.63, 3.8) is 0 Å². The average molecular weight is 346 g/mol. The number of rotatable bonds is 3. The fraction of sp³-hybridized carbons (Fsp3) is 0.467. The Morgan fingerprint density at radius 1 is 1.17 bits per heavy atom. The molecule has 9 heteroatoms. The minimum absolute atomic E-state index is 0.0682. The molecule has 0 saturated heterocycles. The Morgan fingerprint density at radius 2 is 1.71 bits per heavy atom. The molecule has 24 heavy (non-hydrogen) atoms. The Hall–Kier alpha value is -2.19. The van der Waals surface area contributed by atoms with Crippen molar-refractivity contribution in [2.75, 3.05) is 19.1 Å². The van der Waals surface area contributed by atoms with E-state index in [2.05, 4.69) is 4.74 Å². The van der Waals surface area contributed by atoms with Gasteiger partial charge in [0, 0.05) is 12.7 Å². The van der Waals surface area contributed by atoms with Crippen LogP contribution >= 0.6 is 0 Å². The first-order valence-corrected chi connectivity index (χ1v) is 7.17. The molecule has 0 atom stereocenters. The quantitative estimate of drug-likeness (QED) is 0.623. The summed E-state index contributed by atoms with van der Waals surface area (Å²) in [5, 5.41) is 0. The first-order valence-electron chi connectivity index (χ1n) is 7.17. The van der Waals surface area contributed by atoms with Crippen LogP contribution in [0.2, 0.25) is 0 Å². The summed E-state index contributed by atoms with van der Waals surface area (Å²) in [5.41, 5.74) is -1.93. The van der Waals surface area contributed by atoms with E-state index in [1.807, 2.05) is 0 Å². The molecule has 1 amide bonds. The zero-order chi connectivity index (χ0) is 18.9. The summed E-state index contributed by atoms with van der Waals surface area (Å²) in [6.45, 7) is 0.998. The van der Waals surface area contributed by atoms with E-state index in [9.17, 15) is 22.5 Å². The first-order chi connectivity index (χ1) is 10.8. The molecule has 0 radical (unpaired) electrons. The van der Waals surface area contributed by atoms with Gasteiger partial charge in [-0.3, -0.25) is 4.90 Å². The van der Waals surface area contributed by atoms with Gasteiger partial charge in [0.2, 0.25) is 0 Å². The lowest BCUT2D eigenvalue weighted by Crippen LogP contribution is -2.38. The summed E-state index contributed by atoms with van der Waals surface area (Å²) in [6.07, 6.45) is -0.826. The van der Waals surface area contributed by atoms with Crippen LogP contribution in [0.3, 0.4) is 0 Å². The van der Waals surface area contributed by atoms with Crippen LogP contribution in [0, 0.1) is 6.92 Å². The molecule has 0 unspecified atom stereocenters. The summed E-state index contributed by atoms with van der Waals surface area (Å²) in [7, 11) is 2.36.